The summed E-state index contributed by atoms with van der Waals surface area (Å²) in [6, 6.07) is 13.8. The van der Waals surface area contributed by atoms with Crippen LogP contribution >= 0.6 is 15.9 Å². The molecule has 5 heteroatoms. The number of aryl methyl sites for hydroxylation is 1. The average Bonchev–Trinajstić information content (AvgIpc) is 2.52. The first-order chi connectivity index (χ1) is 11.0. The lowest BCUT2D eigenvalue weighted by molar-refractivity contribution is 0.0950. The molecule has 0 saturated carbocycles. The second-order valence-electron chi connectivity index (χ2n) is 5.25. The van der Waals surface area contributed by atoms with E-state index in [1.807, 2.05) is 37.3 Å². The average molecular weight is 373 g/mol. The van der Waals surface area contributed by atoms with Crippen molar-refractivity contribution in [2.24, 2.45) is 0 Å². The quantitative estimate of drug-likeness (QED) is 0.741. The van der Waals surface area contributed by atoms with Crippen LogP contribution in [-0.4, -0.2) is 10.9 Å². The first-order valence-electron chi connectivity index (χ1n) is 7.13. The summed E-state index contributed by atoms with van der Waals surface area (Å²) >= 11 is 3.21. The molecule has 0 aliphatic carbocycles. The summed E-state index contributed by atoms with van der Waals surface area (Å²) in [7, 11) is 0. The molecular formula is C18H14BrFN2O. The predicted octanol–water partition coefficient (Wildman–Crippen LogP) is 4.37. The largest absolute Gasteiger partial charge is 0.348 e. The minimum atomic E-state index is -0.385. The van der Waals surface area contributed by atoms with Gasteiger partial charge in [-0.1, -0.05) is 18.2 Å². The molecule has 1 heterocycles. The maximum Gasteiger partial charge on any atom is 0.252 e. The fraction of sp³-hybridized carbons (Fsp3) is 0.111. The fourth-order valence-electron chi connectivity index (χ4n) is 2.49. The van der Waals surface area contributed by atoms with Crippen molar-refractivity contribution in [3.8, 4) is 0 Å². The van der Waals surface area contributed by atoms with Gasteiger partial charge < -0.3 is 5.32 Å². The van der Waals surface area contributed by atoms with Crippen LogP contribution in [0.3, 0.4) is 0 Å². The van der Waals surface area contributed by atoms with Gasteiger partial charge >= 0.3 is 0 Å². The van der Waals surface area contributed by atoms with E-state index in [-0.39, 0.29) is 11.7 Å². The molecule has 3 nitrogen and oxygen atoms in total. The Morgan fingerprint density at radius 1 is 1.22 bits per heavy atom. The first kappa shape index (κ1) is 15.6. The van der Waals surface area contributed by atoms with Gasteiger partial charge in [0.2, 0.25) is 0 Å². The molecule has 0 saturated heterocycles. The number of nitrogens with one attached hydrogen (secondary N) is 1. The predicted molar refractivity (Wildman–Crippen MR) is 91.8 cm³/mol. The van der Waals surface area contributed by atoms with Gasteiger partial charge in [-0.05, 0) is 58.7 Å². The standard InChI is InChI=1S/C18H14BrFN2O/c1-11-8-12(14-4-2-3-5-17(14)22-11)10-21-18(23)15-7-6-13(20)9-16(15)19/h2-9H,10H2,1H3,(H,21,23). The number of para-hydroxylation sites is 1. The summed E-state index contributed by atoms with van der Waals surface area (Å²) in [6.07, 6.45) is 0. The third-order valence-electron chi connectivity index (χ3n) is 3.55. The van der Waals surface area contributed by atoms with Crippen LogP contribution in [0.2, 0.25) is 0 Å². The van der Waals surface area contributed by atoms with Gasteiger partial charge in [0.15, 0.2) is 0 Å². The van der Waals surface area contributed by atoms with E-state index in [9.17, 15) is 9.18 Å². The van der Waals surface area contributed by atoms with E-state index in [1.165, 1.54) is 18.2 Å². The van der Waals surface area contributed by atoms with Crippen LogP contribution in [0.1, 0.15) is 21.6 Å². The Morgan fingerprint density at radius 3 is 2.78 bits per heavy atom. The van der Waals surface area contributed by atoms with Crippen molar-refractivity contribution in [2.75, 3.05) is 0 Å². The highest BCUT2D eigenvalue weighted by molar-refractivity contribution is 9.10. The van der Waals surface area contributed by atoms with Crippen LogP contribution < -0.4 is 5.32 Å². The molecule has 23 heavy (non-hydrogen) atoms. The minimum Gasteiger partial charge on any atom is -0.348 e. The van der Waals surface area contributed by atoms with Gasteiger partial charge in [0.25, 0.3) is 5.91 Å². The topological polar surface area (TPSA) is 42.0 Å². The molecule has 0 bridgehead atoms. The van der Waals surface area contributed by atoms with Crippen molar-refractivity contribution in [1.29, 1.82) is 0 Å². The Hall–Kier alpha value is -2.27. The molecule has 1 aromatic heterocycles. The first-order valence-corrected chi connectivity index (χ1v) is 7.92. The zero-order chi connectivity index (χ0) is 16.4. The Morgan fingerprint density at radius 2 is 2.00 bits per heavy atom. The summed E-state index contributed by atoms with van der Waals surface area (Å²) in [6.45, 7) is 2.31. The van der Waals surface area contributed by atoms with Gasteiger partial charge in [0.05, 0.1) is 11.1 Å². The van der Waals surface area contributed by atoms with Crippen LogP contribution in [0.5, 0.6) is 0 Å². The van der Waals surface area contributed by atoms with Crippen molar-refractivity contribution in [1.82, 2.24) is 10.3 Å². The van der Waals surface area contributed by atoms with Gasteiger partial charge in [-0.15, -0.1) is 0 Å². The Bertz CT molecular complexity index is 895. The molecule has 0 radical (unpaired) electrons. The molecule has 1 N–H and O–H groups in total. The molecule has 3 aromatic rings. The summed E-state index contributed by atoms with van der Waals surface area (Å²) in [5.41, 5.74) is 3.21. The maximum atomic E-state index is 13.1. The van der Waals surface area contributed by atoms with Crippen molar-refractivity contribution in [3.63, 3.8) is 0 Å². The van der Waals surface area contributed by atoms with E-state index in [0.29, 0.717) is 16.6 Å². The fourth-order valence-corrected chi connectivity index (χ4v) is 3.02. The molecule has 1 amide bonds. The number of hydrogen-bond acceptors (Lipinski definition) is 2. The van der Waals surface area contributed by atoms with Gasteiger partial charge in [-0.2, -0.15) is 0 Å². The Labute approximate surface area is 141 Å². The number of carbonyl (C=O) groups excluding carboxylic acids is 1. The number of nitrogens with zero attached hydrogens (tertiary/aromatic N) is 1. The monoisotopic (exact) mass is 372 g/mol. The number of halogens is 2. The third-order valence-corrected chi connectivity index (χ3v) is 4.20. The summed E-state index contributed by atoms with van der Waals surface area (Å²) in [5, 5.41) is 3.89. The number of hydrogen-bond donors (Lipinski definition) is 1. The number of carbonyl (C=O) groups is 1. The molecule has 0 aliphatic rings. The van der Waals surface area contributed by atoms with Gasteiger partial charge in [0.1, 0.15) is 5.82 Å². The zero-order valence-corrected chi connectivity index (χ0v) is 14.0. The lowest BCUT2D eigenvalue weighted by Gasteiger charge is -2.10. The molecule has 3 rings (SSSR count). The minimum absolute atomic E-state index is 0.254. The molecule has 0 spiro atoms. The van der Waals surface area contributed by atoms with Crippen molar-refractivity contribution < 1.29 is 9.18 Å². The van der Waals surface area contributed by atoms with E-state index in [1.54, 1.807) is 0 Å². The van der Waals surface area contributed by atoms with Crippen molar-refractivity contribution in [2.45, 2.75) is 13.5 Å². The summed E-state index contributed by atoms with van der Waals surface area (Å²) < 4.78 is 13.5. The molecule has 0 atom stereocenters. The highest BCUT2D eigenvalue weighted by Gasteiger charge is 2.11. The van der Waals surface area contributed by atoms with E-state index in [0.717, 1.165) is 22.2 Å². The number of benzene rings is 2. The summed E-state index contributed by atoms with van der Waals surface area (Å²) in [4.78, 5) is 16.8. The van der Waals surface area contributed by atoms with E-state index < -0.39 is 0 Å². The van der Waals surface area contributed by atoms with Crippen LogP contribution in [0.25, 0.3) is 10.9 Å². The molecule has 0 unspecified atom stereocenters. The van der Waals surface area contributed by atoms with Crippen LogP contribution in [0.15, 0.2) is 53.0 Å². The Kier molecular flexibility index (Phi) is 4.39. The molecule has 116 valence electrons. The van der Waals surface area contributed by atoms with Crippen LogP contribution in [0.4, 0.5) is 4.39 Å². The van der Waals surface area contributed by atoms with Crippen LogP contribution in [-0.2, 0) is 6.54 Å². The van der Waals surface area contributed by atoms with Gasteiger partial charge in [0, 0.05) is 22.1 Å². The Balaban J connectivity index is 1.84. The SMILES string of the molecule is Cc1cc(CNC(=O)c2ccc(F)cc2Br)c2ccccc2n1. The third kappa shape index (κ3) is 3.40. The lowest BCUT2D eigenvalue weighted by atomic mass is 10.1. The smallest absolute Gasteiger partial charge is 0.252 e. The molecule has 0 aliphatic heterocycles. The van der Waals surface area contributed by atoms with Gasteiger partial charge in [-0.25, -0.2) is 4.39 Å². The zero-order valence-electron chi connectivity index (χ0n) is 12.4. The number of rotatable bonds is 3. The lowest BCUT2D eigenvalue weighted by Crippen LogP contribution is -2.23. The highest BCUT2D eigenvalue weighted by Crippen LogP contribution is 2.20. The van der Waals surface area contributed by atoms with Crippen molar-refractivity contribution in [3.05, 3.63) is 75.6 Å². The van der Waals surface area contributed by atoms with Crippen molar-refractivity contribution >= 4 is 32.7 Å². The molecule has 0 fully saturated rings. The molecular weight excluding hydrogens is 359 g/mol. The second kappa shape index (κ2) is 6.46. The maximum absolute atomic E-state index is 13.1. The number of fused-ring (bicyclic) bond motifs is 1. The van der Waals surface area contributed by atoms with Crippen LogP contribution in [0, 0.1) is 12.7 Å². The highest BCUT2D eigenvalue weighted by atomic mass is 79.9. The van der Waals surface area contributed by atoms with E-state index >= 15 is 0 Å². The normalized spacial score (nSPS) is 10.7. The van der Waals surface area contributed by atoms with Gasteiger partial charge in [-0.3, -0.25) is 9.78 Å². The van der Waals surface area contributed by atoms with E-state index in [4.69, 9.17) is 0 Å². The number of amides is 1. The molecule has 2 aromatic carbocycles. The summed E-state index contributed by atoms with van der Waals surface area (Å²) in [5.74, 6) is -0.639. The number of aromatic nitrogens is 1. The van der Waals surface area contributed by atoms with E-state index in [2.05, 4.69) is 26.2 Å². The second-order valence-corrected chi connectivity index (χ2v) is 6.10. The number of pyridine rings is 1.